The Morgan fingerprint density at radius 2 is 2.04 bits per heavy atom. The molecule has 0 radical (unpaired) electrons. The minimum Gasteiger partial charge on any atom is -0.351 e. The molecule has 2 aliphatic heterocycles. The first kappa shape index (κ1) is 18.3. The van der Waals surface area contributed by atoms with Crippen molar-refractivity contribution >= 4 is 21.8 Å². The molecule has 0 saturated carbocycles. The minimum absolute atomic E-state index is 0.0416. The second-order valence-electron chi connectivity index (χ2n) is 6.33. The van der Waals surface area contributed by atoms with Crippen molar-refractivity contribution in [2.75, 3.05) is 32.4 Å². The Balaban J connectivity index is 1.49. The Bertz CT molecular complexity index is 860. The summed E-state index contributed by atoms with van der Waals surface area (Å²) in [5.74, 6) is 0.136. The molecule has 0 saturated heterocycles. The molecule has 1 amide bonds. The van der Waals surface area contributed by atoms with E-state index >= 15 is 0 Å². The maximum absolute atomic E-state index is 12.3. The van der Waals surface area contributed by atoms with Gasteiger partial charge in [0.15, 0.2) is 0 Å². The molecule has 2 heterocycles. The third-order valence-corrected chi connectivity index (χ3v) is 5.32. The second-order valence-corrected chi connectivity index (χ2v) is 8.08. The number of carbonyl (C=O) groups excluding carboxylic acids is 1. The third kappa shape index (κ3) is 4.80. The van der Waals surface area contributed by atoms with Crippen LogP contribution in [0.25, 0.3) is 0 Å². The first-order valence-electron chi connectivity index (χ1n) is 8.43. The van der Waals surface area contributed by atoms with E-state index in [1.807, 2.05) is 25.2 Å². The number of nitrogens with one attached hydrogen (secondary N) is 1. The van der Waals surface area contributed by atoms with Crippen molar-refractivity contribution in [3.63, 3.8) is 0 Å². The first-order valence-corrected chi connectivity index (χ1v) is 10.0. The molecule has 3 rings (SSSR count). The molecule has 1 aromatic carbocycles. The van der Waals surface area contributed by atoms with Crippen molar-refractivity contribution in [2.45, 2.75) is 6.54 Å². The Kier molecular flexibility index (Phi) is 5.53. The quantitative estimate of drug-likeness (QED) is 0.794. The lowest BCUT2D eigenvalue weighted by Crippen LogP contribution is -2.39. The van der Waals surface area contributed by atoms with Gasteiger partial charge in [-0.2, -0.15) is 0 Å². The average molecular weight is 374 g/mol. The van der Waals surface area contributed by atoms with E-state index in [-0.39, 0.29) is 11.7 Å². The highest BCUT2D eigenvalue weighted by Gasteiger charge is 2.24. The molecule has 8 heteroatoms. The van der Waals surface area contributed by atoms with E-state index in [0.29, 0.717) is 24.5 Å². The molecule has 0 atom stereocenters. The van der Waals surface area contributed by atoms with Gasteiger partial charge in [-0.15, -0.1) is 4.40 Å². The molecule has 138 valence electrons. The van der Waals surface area contributed by atoms with E-state index in [4.69, 9.17) is 0 Å². The van der Waals surface area contributed by atoms with Gasteiger partial charge in [-0.3, -0.25) is 4.79 Å². The number of amides is 1. The Labute approximate surface area is 153 Å². The van der Waals surface area contributed by atoms with Gasteiger partial charge in [0, 0.05) is 32.4 Å². The van der Waals surface area contributed by atoms with Crippen LogP contribution in [0.15, 0.2) is 58.7 Å². The summed E-state index contributed by atoms with van der Waals surface area (Å²) in [5.41, 5.74) is 1.72. The predicted octanol–water partition coefficient (Wildman–Crippen LogP) is 0.732. The summed E-state index contributed by atoms with van der Waals surface area (Å²) in [6, 6.07) is 10.2. The summed E-state index contributed by atoms with van der Waals surface area (Å²) < 4.78 is 26.7. The second kappa shape index (κ2) is 7.84. The third-order valence-electron chi connectivity index (χ3n) is 4.16. The zero-order valence-corrected chi connectivity index (χ0v) is 15.4. The lowest BCUT2D eigenvalue weighted by atomic mass is 10.2. The van der Waals surface area contributed by atoms with Gasteiger partial charge in [0.2, 0.25) is 0 Å². The number of sulfonamides is 1. The van der Waals surface area contributed by atoms with Crippen LogP contribution < -0.4 is 5.32 Å². The number of fused-ring (bicyclic) bond motifs is 1. The number of hydrogen-bond donors (Lipinski definition) is 1. The summed E-state index contributed by atoms with van der Waals surface area (Å²) in [7, 11) is -1.37. The monoisotopic (exact) mass is 374 g/mol. The fourth-order valence-corrected chi connectivity index (χ4v) is 3.74. The molecule has 1 N–H and O–H groups in total. The van der Waals surface area contributed by atoms with Crippen LogP contribution in [0.4, 0.5) is 0 Å². The summed E-state index contributed by atoms with van der Waals surface area (Å²) in [4.78, 5) is 16.1. The largest absolute Gasteiger partial charge is 0.351 e. The molecular weight excluding hydrogens is 352 g/mol. The van der Waals surface area contributed by atoms with Crippen molar-refractivity contribution < 1.29 is 13.2 Å². The highest BCUT2D eigenvalue weighted by atomic mass is 32.2. The van der Waals surface area contributed by atoms with Crippen molar-refractivity contribution in [1.82, 2.24) is 15.1 Å². The number of hydrogen-bond acceptors (Lipinski definition) is 5. The number of nitrogens with zero attached hydrogens (tertiary/aromatic N) is 3. The van der Waals surface area contributed by atoms with Crippen LogP contribution in [0.5, 0.6) is 0 Å². The predicted molar refractivity (Wildman–Crippen MR) is 101 cm³/mol. The topological polar surface area (TPSA) is 82.1 Å². The van der Waals surface area contributed by atoms with Crippen LogP contribution in [0.2, 0.25) is 0 Å². The van der Waals surface area contributed by atoms with Crippen LogP contribution in [-0.2, 0) is 21.4 Å². The molecule has 1 aromatic rings. The molecule has 0 bridgehead atoms. The summed E-state index contributed by atoms with van der Waals surface area (Å²) in [5, 5.41) is 2.90. The minimum atomic E-state index is -3.38. The van der Waals surface area contributed by atoms with E-state index < -0.39 is 10.0 Å². The van der Waals surface area contributed by atoms with Crippen LogP contribution in [0, 0.1) is 0 Å². The highest BCUT2D eigenvalue weighted by molar-refractivity contribution is 7.90. The van der Waals surface area contributed by atoms with Crippen LogP contribution in [0.1, 0.15) is 5.56 Å². The van der Waals surface area contributed by atoms with Crippen LogP contribution in [0.3, 0.4) is 0 Å². The average Bonchev–Trinajstić information content (AvgIpc) is 2.61. The van der Waals surface area contributed by atoms with Gasteiger partial charge in [-0.1, -0.05) is 30.3 Å². The lowest BCUT2D eigenvalue weighted by molar-refractivity contribution is -0.117. The fourth-order valence-electron chi connectivity index (χ4n) is 2.77. The molecule has 0 unspecified atom stereocenters. The van der Waals surface area contributed by atoms with Crippen molar-refractivity contribution in [1.29, 1.82) is 0 Å². The Hall–Kier alpha value is -2.45. The van der Waals surface area contributed by atoms with Gasteiger partial charge in [0.1, 0.15) is 5.84 Å². The van der Waals surface area contributed by atoms with Gasteiger partial charge in [-0.05, 0) is 24.8 Å². The molecule has 0 aliphatic carbocycles. The van der Waals surface area contributed by atoms with Gasteiger partial charge in [-0.25, -0.2) is 8.42 Å². The van der Waals surface area contributed by atoms with Crippen LogP contribution in [-0.4, -0.2) is 62.4 Å². The zero-order chi connectivity index (χ0) is 18.6. The number of amidine groups is 1. The molecule has 26 heavy (non-hydrogen) atoms. The van der Waals surface area contributed by atoms with Gasteiger partial charge in [0.05, 0.1) is 11.3 Å². The number of rotatable bonds is 6. The van der Waals surface area contributed by atoms with Gasteiger partial charge >= 0.3 is 0 Å². The standard InChI is InChI=1S/C18H22N4O3S/c1-21(13-15-5-3-2-4-6-15)10-9-19-18(23)16-7-8-17-20-26(24,25)12-11-22(17)14-16/h2-8,14H,9-13H2,1H3,(H,19,23). The summed E-state index contributed by atoms with van der Waals surface area (Å²) in [6.45, 7) is 2.39. The molecular formula is C18H22N4O3S. The van der Waals surface area contributed by atoms with Crippen LogP contribution >= 0.6 is 0 Å². The molecule has 7 nitrogen and oxygen atoms in total. The van der Waals surface area contributed by atoms with Gasteiger partial charge < -0.3 is 15.1 Å². The first-order chi connectivity index (χ1) is 12.4. The molecule has 0 fully saturated rings. The van der Waals surface area contributed by atoms with Gasteiger partial charge in [0.25, 0.3) is 15.9 Å². The lowest BCUT2D eigenvalue weighted by Gasteiger charge is -2.27. The van der Waals surface area contributed by atoms with E-state index in [1.54, 1.807) is 23.3 Å². The normalized spacial score (nSPS) is 18.2. The number of benzene rings is 1. The van der Waals surface area contributed by atoms with E-state index in [2.05, 4.69) is 26.7 Å². The maximum atomic E-state index is 12.3. The Morgan fingerprint density at radius 1 is 1.27 bits per heavy atom. The molecule has 2 aliphatic rings. The van der Waals surface area contributed by atoms with E-state index in [9.17, 15) is 13.2 Å². The van der Waals surface area contributed by atoms with Crippen molar-refractivity contribution in [3.05, 3.63) is 59.8 Å². The fraction of sp³-hybridized carbons (Fsp3) is 0.333. The highest BCUT2D eigenvalue weighted by Crippen LogP contribution is 2.15. The molecule has 0 aromatic heterocycles. The summed E-state index contributed by atoms with van der Waals surface area (Å²) >= 11 is 0. The number of carbonyl (C=O) groups is 1. The summed E-state index contributed by atoms with van der Waals surface area (Å²) in [6.07, 6.45) is 4.81. The Morgan fingerprint density at radius 3 is 2.81 bits per heavy atom. The maximum Gasteiger partial charge on any atom is 0.256 e. The van der Waals surface area contributed by atoms with Crippen molar-refractivity contribution in [3.8, 4) is 0 Å². The molecule has 0 spiro atoms. The SMILES string of the molecule is CN(CCNC(=O)C1=CN2CCS(=O)(=O)N=C2C=C1)Cc1ccccc1. The smallest absolute Gasteiger partial charge is 0.256 e. The number of likely N-dealkylation sites (N-methyl/N-ethyl adjacent to an activating group) is 1. The van der Waals surface area contributed by atoms with Crippen molar-refractivity contribution in [2.24, 2.45) is 4.40 Å². The van der Waals surface area contributed by atoms with E-state index in [1.165, 1.54) is 5.56 Å². The van der Waals surface area contributed by atoms with E-state index in [0.717, 1.165) is 13.1 Å². The zero-order valence-electron chi connectivity index (χ0n) is 14.6.